The lowest BCUT2D eigenvalue weighted by molar-refractivity contribution is -0.302. The van der Waals surface area contributed by atoms with Crippen LogP contribution in [0, 0.1) is 0 Å². The van der Waals surface area contributed by atoms with E-state index in [1.807, 2.05) is 6.08 Å². The van der Waals surface area contributed by atoms with Crippen LogP contribution < -0.4 is 5.32 Å². The second-order valence-corrected chi connectivity index (χ2v) is 27.8. The van der Waals surface area contributed by atoms with Crippen molar-refractivity contribution < 1.29 is 39.8 Å². The lowest BCUT2D eigenvalue weighted by Crippen LogP contribution is -2.60. The van der Waals surface area contributed by atoms with Crippen LogP contribution in [0.3, 0.4) is 0 Å². The summed E-state index contributed by atoms with van der Waals surface area (Å²) in [7, 11) is 0. The first-order valence-electron chi connectivity index (χ1n) is 39.9. The third-order valence-electron chi connectivity index (χ3n) is 19.1. The van der Waals surface area contributed by atoms with Crippen LogP contribution in [0.2, 0.25) is 0 Å². The molecule has 0 bridgehead atoms. The van der Waals surface area contributed by atoms with E-state index in [1.54, 1.807) is 6.08 Å². The molecule has 1 saturated heterocycles. The van der Waals surface area contributed by atoms with Crippen LogP contribution in [0.15, 0.2) is 48.6 Å². The number of nitrogens with one attached hydrogen (secondary N) is 1. The zero-order valence-corrected chi connectivity index (χ0v) is 59.7. The molecule has 0 aromatic carbocycles. The van der Waals surface area contributed by atoms with Crippen molar-refractivity contribution in [1.29, 1.82) is 0 Å². The smallest absolute Gasteiger partial charge is 0.220 e. The van der Waals surface area contributed by atoms with Crippen molar-refractivity contribution in [1.82, 2.24) is 5.32 Å². The number of aliphatic hydroxyl groups is 5. The molecule has 0 saturated carbocycles. The van der Waals surface area contributed by atoms with E-state index in [1.165, 1.54) is 340 Å². The molecule has 1 amide bonds. The van der Waals surface area contributed by atoms with E-state index >= 15 is 0 Å². The molecule has 0 aromatic heterocycles. The van der Waals surface area contributed by atoms with Gasteiger partial charge in [-0.15, -0.1) is 0 Å². The van der Waals surface area contributed by atoms with Gasteiger partial charge in [0.1, 0.15) is 24.4 Å². The minimum Gasteiger partial charge on any atom is -0.394 e. The van der Waals surface area contributed by atoms with Crippen LogP contribution in [0.4, 0.5) is 0 Å². The minimum atomic E-state index is -1.58. The number of ether oxygens (including phenoxy) is 2. The van der Waals surface area contributed by atoms with Crippen LogP contribution >= 0.6 is 0 Å². The normalized spacial score (nSPS) is 18.0. The first-order valence-corrected chi connectivity index (χ1v) is 39.9. The molecule has 90 heavy (non-hydrogen) atoms. The molecule has 7 atom stereocenters. The molecule has 7 unspecified atom stereocenters. The minimum absolute atomic E-state index is 0.183. The van der Waals surface area contributed by atoms with Gasteiger partial charge < -0.3 is 40.3 Å². The van der Waals surface area contributed by atoms with E-state index in [-0.39, 0.29) is 12.5 Å². The standard InChI is InChI=1S/C81H153NO8/c1-3-5-7-9-11-13-15-17-19-21-23-25-27-29-31-33-35-37-38-39-41-43-45-47-49-51-53-55-57-59-61-63-65-67-69-71-77(85)82-74(73-89-81-80(88)79(87)78(86)76(72-83)90-81)75(84)70-68-66-64-62-60-58-56-54-52-50-48-46-44-42-40-36-34-32-30-28-26-24-22-20-18-16-14-12-10-8-6-4-2/h21,23,52,54,60,62,68,70,74-76,78-81,83-84,86-88H,3-20,22,24-51,53,55-59,61,63-67,69,71-73H2,1-2H3,(H,82,85)/b23-21-,54-52+,62-60+,70-68+. The summed E-state index contributed by atoms with van der Waals surface area (Å²) in [6.07, 6.45) is 89.9. The summed E-state index contributed by atoms with van der Waals surface area (Å²) < 4.78 is 11.3. The molecule has 530 valence electrons. The first-order chi connectivity index (χ1) is 44.3. The van der Waals surface area contributed by atoms with Crippen LogP contribution in [-0.2, 0) is 14.3 Å². The summed E-state index contributed by atoms with van der Waals surface area (Å²) in [5.74, 6) is -0.183. The molecule has 9 heteroatoms. The quantitative estimate of drug-likeness (QED) is 0.0261. The SMILES string of the molecule is CCCCCCCCCC/C=C\CCCCCCCCCCCCCCCCCCCCCCCCCC(=O)NC(COC1OC(CO)C(O)C(O)C1O)C(O)/C=C/CC/C=C/CC/C=C/CCCCCCCCCCCCCCCCCCCCCCCC. The molecule has 0 radical (unpaired) electrons. The highest BCUT2D eigenvalue weighted by molar-refractivity contribution is 5.76. The fourth-order valence-corrected chi connectivity index (χ4v) is 12.9. The van der Waals surface area contributed by atoms with E-state index in [9.17, 15) is 30.3 Å². The first kappa shape index (κ1) is 86.2. The van der Waals surface area contributed by atoms with Gasteiger partial charge in [0.25, 0.3) is 0 Å². The largest absolute Gasteiger partial charge is 0.394 e. The maximum absolute atomic E-state index is 13.2. The summed E-state index contributed by atoms with van der Waals surface area (Å²) >= 11 is 0. The Hall–Kier alpha value is -1.85. The molecule has 1 heterocycles. The number of hydrogen-bond donors (Lipinski definition) is 6. The van der Waals surface area contributed by atoms with Gasteiger partial charge in [0.15, 0.2) is 6.29 Å². The van der Waals surface area contributed by atoms with Crippen LogP contribution in [0.1, 0.15) is 406 Å². The van der Waals surface area contributed by atoms with Crippen LogP contribution in [0.25, 0.3) is 0 Å². The maximum Gasteiger partial charge on any atom is 0.220 e. The molecule has 9 nitrogen and oxygen atoms in total. The zero-order chi connectivity index (χ0) is 64.9. The Morgan fingerprint density at radius 3 is 0.933 bits per heavy atom. The fraction of sp³-hybridized carbons (Fsp3) is 0.889. The highest BCUT2D eigenvalue weighted by atomic mass is 16.7. The zero-order valence-electron chi connectivity index (χ0n) is 59.7. The Kier molecular flexibility index (Phi) is 67.0. The number of rotatable bonds is 71. The Morgan fingerprint density at radius 2 is 0.633 bits per heavy atom. The number of amides is 1. The van der Waals surface area contributed by atoms with Crippen LogP contribution in [-0.4, -0.2) is 87.5 Å². The average Bonchev–Trinajstić information content (AvgIpc) is 1.28. The average molecular weight is 1270 g/mol. The van der Waals surface area contributed by atoms with Gasteiger partial charge in [0.2, 0.25) is 5.91 Å². The summed E-state index contributed by atoms with van der Waals surface area (Å²) in [5, 5.41) is 54.9. The van der Waals surface area contributed by atoms with Crippen molar-refractivity contribution in [2.24, 2.45) is 0 Å². The predicted molar refractivity (Wildman–Crippen MR) is 387 cm³/mol. The lowest BCUT2D eigenvalue weighted by atomic mass is 9.99. The lowest BCUT2D eigenvalue weighted by Gasteiger charge is -2.40. The summed E-state index contributed by atoms with van der Waals surface area (Å²) in [4.78, 5) is 13.2. The van der Waals surface area contributed by atoms with Gasteiger partial charge in [-0.3, -0.25) is 4.79 Å². The number of unbranched alkanes of at least 4 members (excludes halogenated alkanes) is 55. The van der Waals surface area contributed by atoms with Crippen molar-refractivity contribution in [2.45, 2.75) is 448 Å². The highest BCUT2D eigenvalue weighted by Crippen LogP contribution is 2.24. The highest BCUT2D eigenvalue weighted by Gasteiger charge is 2.44. The van der Waals surface area contributed by atoms with Crippen molar-refractivity contribution in [3.05, 3.63) is 48.6 Å². The van der Waals surface area contributed by atoms with E-state index in [0.29, 0.717) is 6.42 Å². The Morgan fingerprint density at radius 1 is 0.367 bits per heavy atom. The van der Waals surface area contributed by atoms with Crippen molar-refractivity contribution >= 4 is 5.91 Å². The second kappa shape index (κ2) is 70.0. The maximum atomic E-state index is 13.2. The molecule has 6 N–H and O–H groups in total. The van der Waals surface area contributed by atoms with E-state index in [0.717, 1.165) is 44.9 Å². The predicted octanol–water partition coefficient (Wildman–Crippen LogP) is 22.7. The van der Waals surface area contributed by atoms with Gasteiger partial charge in [-0.2, -0.15) is 0 Å². The van der Waals surface area contributed by atoms with Crippen LogP contribution in [0.5, 0.6) is 0 Å². The third-order valence-corrected chi connectivity index (χ3v) is 19.1. The fourth-order valence-electron chi connectivity index (χ4n) is 12.9. The molecule has 0 aromatic rings. The van der Waals surface area contributed by atoms with Gasteiger partial charge in [0, 0.05) is 6.42 Å². The number of aliphatic hydroxyl groups excluding tert-OH is 5. The monoisotopic (exact) mass is 1270 g/mol. The molecule has 1 fully saturated rings. The summed E-state index contributed by atoms with van der Waals surface area (Å²) in [5.41, 5.74) is 0. The third kappa shape index (κ3) is 57.6. The topological polar surface area (TPSA) is 149 Å². The molecule has 1 aliphatic rings. The second-order valence-electron chi connectivity index (χ2n) is 27.8. The number of hydrogen-bond acceptors (Lipinski definition) is 8. The molecule has 0 aliphatic carbocycles. The van der Waals surface area contributed by atoms with Crippen molar-refractivity contribution in [2.75, 3.05) is 13.2 Å². The van der Waals surface area contributed by atoms with Gasteiger partial charge in [-0.25, -0.2) is 0 Å². The van der Waals surface area contributed by atoms with E-state index < -0.39 is 49.5 Å². The number of allylic oxidation sites excluding steroid dienone is 7. The Bertz CT molecular complexity index is 1570. The van der Waals surface area contributed by atoms with Gasteiger partial charge >= 0.3 is 0 Å². The number of carbonyl (C=O) groups excluding carboxylic acids is 1. The molecule has 0 spiro atoms. The van der Waals surface area contributed by atoms with Gasteiger partial charge in [-0.05, 0) is 70.6 Å². The van der Waals surface area contributed by atoms with E-state index in [4.69, 9.17) is 9.47 Å². The van der Waals surface area contributed by atoms with Gasteiger partial charge in [0.05, 0.1) is 25.4 Å². The molecular weight excluding hydrogens is 1110 g/mol. The molecular formula is C81H153NO8. The van der Waals surface area contributed by atoms with E-state index in [2.05, 4.69) is 55.6 Å². The number of carbonyl (C=O) groups is 1. The summed E-state index contributed by atoms with van der Waals surface area (Å²) in [6, 6.07) is -0.830. The van der Waals surface area contributed by atoms with Gasteiger partial charge in [-0.1, -0.05) is 377 Å². The molecule has 1 rings (SSSR count). The summed E-state index contributed by atoms with van der Waals surface area (Å²) in [6.45, 7) is 3.82. The Balaban J connectivity index is 2.09. The molecule has 1 aliphatic heterocycles. The van der Waals surface area contributed by atoms with Crippen molar-refractivity contribution in [3.8, 4) is 0 Å². The Labute approximate surface area is 558 Å². The van der Waals surface area contributed by atoms with Crippen molar-refractivity contribution in [3.63, 3.8) is 0 Å².